The normalized spacial score (nSPS) is 22.0. The van der Waals surface area contributed by atoms with Crippen LogP contribution in [-0.4, -0.2) is 25.4 Å². The molecule has 4 rings (SSSR count). The first kappa shape index (κ1) is 14.5. The highest BCUT2D eigenvalue weighted by molar-refractivity contribution is 5.58. The minimum atomic E-state index is 0.288. The van der Waals surface area contributed by atoms with Gasteiger partial charge in [-0.25, -0.2) is 0 Å². The van der Waals surface area contributed by atoms with E-state index in [0.717, 1.165) is 54.4 Å². The molecule has 4 nitrogen and oxygen atoms in total. The maximum Gasteiger partial charge on any atom is 0.131 e. The Kier molecular flexibility index (Phi) is 3.71. The second-order valence-electron chi connectivity index (χ2n) is 6.35. The van der Waals surface area contributed by atoms with Crippen molar-refractivity contribution in [1.29, 1.82) is 0 Å². The summed E-state index contributed by atoms with van der Waals surface area (Å²) in [4.78, 5) is 0. The van der Waals surface area contributed by atoms with E-state index in [-0.39, 0.29) is 6.10 Å². The lowest BCUT2D eigenvalue weighted by molar-refractivity contribution is 0.397. The number of hydrogen-bond acceptors (Lipinski definition) is 4. The van der Waals surface area contributed by atoms with Crippen molar-refractivity contribution in [1.82, 2.24) is 0 Å². The topological polar surface area (TPSA) is 60.3 Å². The average molecular weight is 311 g/mol. The van der Waals surface area contributed by atoms with E-state index >= 15 is 0 Å². The zero-order valence-corrected chi connectivity index (χ0v) is 13.2. The molecule has 2 atom stereocenters. The molecule has 2 heterocycles. The molecule has 0 radical (unpaired) electrons. The van der Waals surface area contributed by atoms with Gasteiger partial charge in [0.25, 0.3) is 0 Å². The van der Waals surface area contributed by atoms with Crippen molar-refractivity contribution in [2.75, 3.05) is 18.9 Å². The lowest BCUT2D eigenvalue weighted by Gasteiger charge is -2.17. The van der Waals surface area contributed by atoms with E-state index in [0.29, 0.717) is 6.10 Å². The van der Waals surface area contributed by atoms with Crippen LogP contribution in [0.2, 0.25) is 0 Å². The summed E-state index contributed by atoms with van der Waals surface area (Å²) in [6.07, 6.45) is 2.27. The molecule has 0 saturated carbocycles. The summed E-state index contributed by atoms with van der Waals surface area (Å²) < 4.78 is 17.0. The molecule has 120 valence electrons. The predicted molar refractivity (Wildman–Crippen MR) is 89.0 cm³/mol. The van der Waals surface area contributed by atoms with Crippen LogP contribution in [0.25, 0.3) is 0 Å². The quantitative estimate of drug-likeness (QED) is 0.657. The van der Waals surface area contributed by atoms with Gasteiger partial charge in [-0.15, -0.1) is 0 Å². The fourth-order valence-electron chi connectivity index (χ4n) is 2.88. The van der Waals surface area contributed by atoms with Gasteiger partial charge in [-0.3, -0.25) is 0 Å². The number of ether oxygens (including phenoxy) is 3. The Hall–Kier alpha value is -2.04. The molecule has 2 saturated heterocycles. The van der Waals surface area contributed by atoms with Gasteiger partial charge < -0.3 is 19.9 Å². The molecule has 2 unspecified atom stereocenters. The van der Waals surface area contributed by atoms with E-state index in [1.54, 1.807) is 0 Å². The molecule has 0 spiro atoms. The van der Waals surface area contributed by atoms with E-state index in [2.05, 4.69) is 13.0 Å². The summed E-state index contributed by atoms with van der Waals surface area (Å²) in [7, 11) is 0. The van der Waals surface area contributed by atoms with Crippen LogP contribution in [0, 0.1) is 6.92 Å². The Bertz CT molecular complexity index is 721. The summed E-state index contributed by atoms with van der Waals surface area (Å²) in [6, 6.07) is 12.0. The first-order valence-electron chi connectivity index (χ1n) is 8.07. The van der Waals surface area contributed by atoms with Crippen molar-refractivity contribution < 1.29 is 14.2 Å². The monoisotopic (exact) mass is 311 g/mol. The molecule has 0 aromatic heterocycles. The highest BCUT2D eigenvalue weighted by atomic mass is 16.6. The fourth-order valence-corrected chi connectivity index (χ4v) is 2.88. The first-order chi connectivity index (χ1) is 11.2. The van der Waals surface area contributed by atoms with Gasteiger partial charge in [0.05, 0.1) is 25.4 Å². The molecular weight excluding hydrogens is 290 g/mol. The smallest absolute Gasteiger partial charge is 0.131 e. The number of benzene rings is 2. The van der Waals surface area contributed by atoms with E-state index in [9.17, 15) is 0 Å². The number of epoxide rings is 2. The van der Waals surface area contributed by atoms with Crippen LogP contribution in [0.4, 0.5) is 5.69 Å². The minimum absolute atomic E-state index is 0.288. The summed E-state index contributed by atoms with van der Waals surface area (Å²) >= 11 is 0. The van der Waals surface area contributed by atoms with Crippen LogP contribution in [0.3, 0.4) is 0 Å². The summed E-state index contributed by atoms with van der Waals surface area (Å²) in [5, 5.41) is 0. The molecule has 0 bridgehead atoms. The zero-order valence-electron chi connectivity index (χ0n) is 13.2. The van der Waals surface area contributed by atoms with Gasteiger partial charge in [0.1, 0.15) is 11.5 Å². The molecule has 0 aliphatic carbocycles. The standard InChI is InChI=1S/C19H21NO3/c1-12-3-2-4-13(7-12)23-19-6-5-18(20)16(8-14-10-21-14)17(19)9-15-11-22-15/h2-7,14-15H,8-11,20H2,1H3. The molecule has 0 amide bonds. The largest absolute Gasteiger partial charge is 0.457 e. The summed E-state index contributed by atoms with van der Waals surface area (Å²) in [5.74, 6) is 1.72. The Balaban J connectivity index is 1.68. The third-order valence-corrected chi connectivity index (χ3v) is 4.31. The van der Waals surface area contributed by atoms with Crippen molar-refractivity contribution in [3.63, 3.8) is 0 Å². The van der Waals surface area contributed by atoms with Crippen molar-refractivity contribution >= 4 is 5.69 Å². The molecule has 4 heteroatoms. The average Bonchev–Trinajstić information content (AvgIpc) is 3.41. The van der Waals surface area contributed by atoms with Gasteiger partial charge in [0, 0.05) is 24.1 Å². The Labute approximate surface area is 136 Å². The summed E-state index contributed by atoms with van der Waals surface area (Å²) in [5.41, 5.74) is 10.5. The van der Waals surface area contributed by atoms with Crippen molar-refractivity contribution in [2.45, 2.75) is 32.0 Å². The Morgan fingerprint density at radius 3 is 2.39 bits per heavy atom. The maximum atomic E-state index is 6.23. The highest BCUT2D eigenvalue weighted by Gasteiger charge is 2.30. The molecule has 2 aromatic rings. The SMILES string of the molecule is Cc1cccc(Oc2ccc(N)c(CC3CO3)c2CC2CO2)c1. The van der Waals surface area contributed by atoms with Crippen molar-refractivity contribution in [2.24, 2.45) is 0 Å². The van der Waals surface area contributed by atoms with Crippen molar-refractivity contribution in [3.05, 3.63) is 53.1 Å². The number of nitrogen functional groups attached to an aromatic ring is 1. The third kappa shape index (κ3) is 3.49. The van der Waals surface area contributed by atoms with Gasteiger partial charge in [-0.2, -0.15) is 0 Å². The third-order valence-electron chi connectivity index (χ3n) is 4.31. The molecule has 2 aromatic carbocycles. The first-order valence-corrected chi connectivity index (χ1v) is 8.07. The van der Waals surface area contributed by atoms with Crippen LogP contribution in [0.1, 0.15) is 16.7 Å². The molecule has 2 N–H and O–H groups in total. The van der Waals surface area contributed by atoms with Crippen LogP contribution in [-0.2, 0) is 22.3 Å². The van der Waals surface area contributed by atoms with Gasteiger partial charge in [0.15, 0.2) is 0 Å². The Morgan fingerprint density at radius 1 is 1.04 bits per heavy atom. The molecule has 2 aliphatic heterocycles. The van der Waals surface area contributed by atoms with Gasteiger partial charge >= 0.3 is 0 Å². The second kappa shape index (κ2) is 5.87. The lowest BCUT2D eigenvalue weighted by atomic mass is 9.96. The minimum Gasteiger partial charge on any atom is -0.457 e. The van der Waals surface area contributed by atoms with Gasteiger partial charge in [-0.05, 0) is 42.3 Å². The number of nitrogens with two attached hydrogens (primary N) is 1. The van der Waals surface area contributed by atoms with Crippen molar-refractivity contribution in [3.8, 4) is 11.5 Å². The van der Waals surface area contributed by atoms with Crippen LogP contribution in [0.5, 0.6) is 11.5 Å². The van der Waals surface area contributed by atoms with Gasteiger partial charge in [-0.1, -0.05) is 12.1 Å². The molecule has 2 aliphatic rings. The van der Waals surface area contributed by atoms with Crippen LogP contribution in [0.15, 0.2) is 36.4 Å². The number of hydrogen-bond donors (Lipinski definition) is 1. The highest BCUT2D eigenvalue weighted by Crippen LogP contribution is 2.36. The zero-order chi connectivity index (χ0) is 15.8. The lowest BCUT2D eigenvalue weighted by Crippen LogP contribution is -2.08. The van der Waals surface area contributed by atoms with Crippen LogP contribution >= 0.6 is 0 Å². The predicted octanol–water partition coefficient (Wildman–Crippen LogP) is 3.25. The molecular formula is C19H21NO3. The summed E-state index contributed by atoms with van der Waals surface area (Å²) in [6.45, 7) is 3.70. The molecule has 2 fully saturated rings. The van der Waals surface area contributed by atoms with E-state index < -0.39 is 0 Å². The second-order valence-corrected chi connectivity index (χ2v) is 6.35. The maximum absolute atomic E-state index is 6.23. The van der Waals surface area contributed by atoms with Gasteiger partial charge in [0.2, 0.25) is 0 Å². The molecule has 23 heavy (non-hydrogen) atoms. The number of anilines is 1. The van der Waals surface area contributed by atoms with E-state index in [1.165, 1.54) is 5.56 Å². The van der Waals surface area contributed by atoms with E-state index in [1.807, 2.05) is 30.3 Å². The number of aryl methyl sites for hydroxylation is 1. The fraction of sp³-hybridized carbons (Fsp3) is 0.368. The Morgan fingerprint density at radius 2 is 1.74 bits per heavy atom. The van der Waals surface area contributed by atoms with E-state index in [4.69, 9.17) is 19.9 Å². The number of rotatable bonds is 6. The van der Waals surface area contributed by atoms with Crippen LogP contribution < -0.4 is 10.5 Å².